The second-order valence-corrected chi connectivity index (χ2v) is 4.20. The molecule has 1 aliphatic carbocycles. The lowest BCUT2D eigenvalue weighted by molar-refractivity contribution is -0.0497. The van der Waals surface area contributed by atoms with Gasteiger partial charge in [-0.3, -0.25) is 0 Å². The Morgan fingerprint density at radius 3 is 2.62 bits per heavy atom. The number of halogens is 3. The highest BCUT2D eigenvalue weighted by Crippen LogP contribution is 2.31. The van der Waals surface area contributed by atoms with E-state index in [-0.39, 0.29) is 10.8 Å². The molecular formula is C11H12ClF2NO. The van der Waals surface area contributed by atoms with E-state index in [4.69, 9.17) is 11.6 Å². The third-order valence-corrected chi connectivity index (χ3v) is 2.92. The lowest BCUT2D eigenvalue weighted by Gasteiger charge is -2.27. The van der Waals surface area contributed by atoms with Gasteiger partial charge in [0.05, 0.1) is 5.02 Å². The number of nitrogens with one attached hydrogen (secondary N) is 1. The average molecular weight is 248 g/mol. The highest BCUT2D eigenvalue weighted by Gasteiger charge is 2.17. The van der Waals surface area contributed by atoms with Gasteiger partial charge in [0, 0.05) is 11.7 Å². The molecule has 1 fully saturated rings. The molecule has 88 valence electrons. The molecule has 0 bridgehead atoms. The zero-order valence-electron chi connectivity index (χ0n) is 8.55. The third kappa shape index (κ3) is 2.76. The highest BCUT2D eigenvalue weighted by molar-refractivity contribution is 6.32. The molecule has 1 aliphatic rings. The normalized spacial score (nSPS) is 16.0. The van der Waals surface area contributed by atoms with Crippen LogP contribution < -0.4 is 10.1 Å². The molecule has 16 heavy (non-hydrogen) atoms. The van der Waals surface area contributed by atoms with Crippen molar-refractivity contribution < 1.29 is 13.5 Å². The van der Waals surface area contributed by atoms with E-state index < -0.39 is 6.61 Å². The predicted octanol–water partition coefficient (Wildman–Crippen LogP) is 3.91. The van der Waals surface area contributed by atoms with Gasteiger partial charge in [-0.25, -0.2) is 0 Å². The summed E-state index contributed by atoms with van der Waals surface area (Å²) in [5.74, 6) is 0.0100. The Labute approximate surface area is 97.5 Å². The minimum absolute atomic E-state index is 0.0100. The Morgan fingerprint density at radius 1 is 1.38 bits per heavy atom. The van der Waals surface area contributed by atoms with Crippen molar-refractivity contribution in [2.24, 2.45) is 0 Å². The summed E-state index contributed by atoms with van der Waals surface area (Å²) >= 11 is 5.82. The van der Waals surface area contributed by atoms with Gasteiger partial charge in [0.1, 0.15) is 5.75 Å². The first kappa shape index (κ1) is 11.5. The van der Waals surface area contributed by atoms with Crippen LogP contribution in [0.3, 0.4) is 0 Å². The third-order valence-electron chi connectivity index (χ3n) is 2.62. The largest absolute Gasteiger partial charge is 0.433 e. The molecule has 1 N–H and O–H groups in total. The van der Waals surface area contributed by atoms with Crippen molar-refractivity contribution in [1.82, 2.24) is 0 Å². The van der Waals surface area contributed by atoms with Gasteiger partial charge in [0.15, 0.2) is 0 Å². The van der Waals surface area contributed by atoms with Crippen LogP contribution in [0, 0.1) is 0 Å². The number of anilines is 1. The Morgan fingerprint density at radius 2 is 2.12 bits per heavy atom. The van der Waals surface area contributed by atoms with Crippen molar-refractivity contribution >= 4 is 17.3 Å². The van der Waals surface area contributed by atoms with E-state index in [1.807, 2.05) is 0 Å². The van der Waals surface area contributed by atoms with Gasteiger partial charge in [-0.1, -0.05) is 11.6 Å². The van der Waals surface area contributed by atoms with Gasteiger partial charge < -0.3 is 10.1 Å². The Kier molecular flexibility index (Phi) is 3.49. The molecule has 0 radical (unpaired) electrons. The number of benzene rings is 1. The molecule has 0 saturated heterocycles. The standard InChI is InChI=1S/C11H12ClF2NO/c12-9-6-8(15-7-2-1-3-7)4-5-10(9)16-11(13)14/h4-7,11,15H,1-3H2. The molecular weight excluding hydrogens is 236 g/mol. The predicted molar refractivity (Wildman–Crippen MR) is 59.3 cm³/mol. The van der Waals surface area contributed by atoms with Crippen LogP contribution >= 0.6 is 11.6 Å². The Balaban J connectivity index is 2.03. The van der Waals surface area contributed by atoms with Crippen molar-refractivity contribution in [3.05, 3.63) is 23.2 Å². The monoisotopic (exact) mass is 247 g/mol. The first-order valence-corrected chi connectivity index (χ1v) is 5.54. The van der Waals surface area contributed by atoms with Crippen LogP contribution in [0.5, 0.6) is 5.75 Å². The average Bonchev–Trinajstić information content (AvgIpc) is 2.15. The number of hydrogen-bond donors (Lipinski definition) is 1. The van der Waals surface area contributed by atoms with Crippen molar-refractivity contribution in [1.29, 1.82) is 0 Å². The van der Waals surface area contributed by atoms with E-state index in [9.17, 15) is 8.78 Å². The van der Waals surface area contributed by atoms with E-state index in [0.717, 1.165) is 18.5 Å². The van der Waals surface area contributed by atoms with Crippen LogP contribution in [0.1, 0.15) is 19.3 Å². The quantitative estimate of drug-likeness (QED) is 0.871. The van der Waals surface area contributed by atoms with E-state index in [1.54, 1.807) is 12.1 Å². The minimum Gasteiger partial charge on any atom is -0.433 e. The summed E-state index contributed by atoms with van der Waals surface area (Å²) in [5, 5.41) is 3.47. The minimum atomic E-state index is -2.84. The van der Waals surface area contributed by atoms with Gasteiger partial charge >= 0.3 is 6.61 Å². The SMILES string of the molecule is FC(F)Oc1ccc(NC2CCC2)cc1Cl. The van der Waals surface area contributed by atoms with Gasteiger partial charge in [0.2, 0.25) is 0 Å². The molecule has 0 spiro atoms. The van der Waals surface area contributed by atoms with Gasteiger partial charge in [-0.2, -0.15) is 8.78 Å². The topological polar surface area (TPSA) is 21.3 Å². The molecule has 0 unspecified atom stereocenters. The Hall–Kier alpha value is -1.03. The highest BCUT2D eigenvalue weighted by atomic mass is 35.5. The number of rotatable bonds is 4. The van der Waals surface area contributed by atoms with E-state index in [0.29, 0.717) is 6.04 Å². The zero-order valence-corrected chi connectivity index (χ0v) is 9.31. The van der Waals surface area contributed by atoms with Crippen LogP contribution in [0.2, 0.25) is 5.02 Å². The lowest BCUT2D eigenvalue weighted by atomic mass is 9.93. The summed E-state index contributed by atoms with van der Waals surface area (Å²) in [7, 11) is 0. The van der Waals surface area contributed by atoms with E-state index in [2.05, 4.69) is 10.1 Å². The fourth-order valence-corrected chi connectivity index (χ4v) is 1.80. The summed E-state index contributed by atoms with van der Waals surface area (Å²) in [5.41, 5.74) is 0.844. The molecule has 0 heterocycles. The van der Waals surface area contributed by atoms with Crippen molar-refractivity contribution in [3.63, 3.8) is 0 Å². The summed E-state index contributed by atoms with van der Waals surface area (Å²) in [6.07, 6.45) is 3.53. The fraction of sp³-hybridized carbons (Fsp3) is 0.455. The van der Waals surface area contributed by atoms with Crippen LogP contribution in [-0.4, -0.2) is 12.7 Å². The van der Waals surface area contributed by atoms with Gasteiger partial charge in [0.25, 0.3) is 0 Å². The van der Waals surface area contributed by atoms with Crippen molar-refractivity contribution in [2.45, 2.75) is 31.9 Å². The first-order chi connectivity index (χ1) is 7.65. The molecule has 0 aromatic heterocycles. The maximum atomic E-state index is 12.0. The van der Waals surface area contributed by atoms with Crippen LogP contribution in [0.25, 0.3) is 0 Å². The fourth-order valence-electron chi connectivity index (χ4n) is 1.57. The number of alkyl halides is 2. The number of hydrogen-bond acceptors (Lipinski definition) is 2. The molecule has 1 saturated carbocycles. The van der Waals surface area contributed by atoms with Gasteiger partial charge in [-0.15, -0.1) is 0 Å². The molecule has 0 amide bonds. The van der Waals surface area contributed by atoms with E-state index >= 15 is 0 Å². The molecule has 0 aliphatic heterocycles. The molecule has 0 atom stereocenters. The second-order valence-electron chi connectivity index (χ2n) is 3.80. The molecule has 2 rings (SSSR count). The smallest absolute Gasteiger partial charge is 0.387 e. The lowest BCUT2D eigenvalue weighted by Crippen LogP contribution is -2.26. The maximum Gasteiger partial charge on any atom is 0.387 e. The van der Waals surface area contributed by atoms with Gasteiger partial charge in [-0.05, 0) is 37.5 Å². The molecule has 5 heteroatoms. The van der Waals surface area contributed by atoms with Crippen LogP contribution in [-0.2, 0) is 0 Å². The number of ether oxygens (including phenoxy) is 1. The zero-order chi connectivity index (χ0) is 11.5. The van der Waals surface area contributed by atoms with Crippen molar-refractivity contribution in [3.8, 4) is 5.75 Å². The summed E-state index contributed by atoms with van der Waals surface area (Å²) < 4.78 is 28.2. The summed E-state index contributed by atoms with van der Waals surface area (Å²) in [6.45, 7) is -2.84. The first-order valence-electron chi connectivity index (χ1n) is 5.16. The second kappa shape index (κ2) is 4.87. The molecule has 2 nitrogen and oxygen atoms in total. The maximum absolute atomic E-state index is 12.0. The Bertz CT molecular complexity index is 369. The van der Waals surface area contributed by atoms with Crippen LogP contribution in [0.4, 0.5) is 14.5 Å². The van der Waals surface area contributed by atoms with Crippen molar-refractivity contribution in [2.75, 3.05) is 5.32 Å². The van der Waals surface area contributed by atoms with Crippen LogP contribution in [0.15, 0.2) is 18.2 Å². The van der Waals surface area contributed by atoms with E-state index in [1.165, 1.54) is 12.5 Å². The molecule has 1 aromatic carbocycles. The summed E-state index contributed by atoms with van der Waals surface area (Å²) in [4.78, 5) is 0. The molecule has 1 aromatic rings. The summed E-state index contributed by atoms with van der Waals surface area (Å²) in [6, 6.07) is 5.24.